The molecule has 2 aromatic rings. The van der Waals surface area contributed by atoms with E-state index in [0.717, 1.165) is 43.1 Å². The molecule has 3 atom stereocenters. The van der Waals surface area contributed by atoms with Gasteiger partial charge in [0.15, 0.2) is 6.61 Å². The number of pyridine rings is 1. The van der Waals surface area contributed by atoms with Crippen molar-refractivity contribution in [1.29, 1.82) is 0 Å². The highest BCUT2D eigenvalue weighted by Crippen LogP contribution is 2.41. The zero-order chi connectivity index (χ0) is 22.0. The van der Waals surface area contributed by atoms with Gasteiger partial charge in [-0.15, -0.1) is 0 Å². The molecule has 0 bridgehead atoms. The number of nitrogens with zero attached hydrogens (tertiary/aromatic N) is 2. The number of hydrogen-bond acceptors (Lipinski definition) is 5. The number of amides is 1. The molecular weight excluding hydrogens is 390 g/mol. The largest absolute Gasteiger partial charge is 0.488 e. The number of rotatable bonds is 7. The molecule has 6 nitrogen and oxygen atoms in total. The molecule has 1 aliphatic carbocycles. The fraction of sp³-hybridized carbons (Fsp3) is 0.520. The number of carbonyl (C=O) groups is 1. The van der Waals surface area contributed by atoms with Gasteiger partial charge in [-0.25, -0.2) is 0 Å². The number of nitrogens with two attached hydrogens (primary N) is 1. The first-order valence-electron chi connectivity index (χ1n) is 11.1. The van der Waals surface area contributed by atoms with Crippen molar-refractivity contribution >= 4 is 5.91 Å². The van der Waals surface area contributed by atoms with Gasteiger partial charge in [-0.1, -0.05) is 32.9 Å². The maximum atomic E-state index is 11.3. The van der Waals surface area contributed by atoms with Crippen LogP contribution in [0.25, 0.3) is 0 Å². The zero-order valence-electron chi connectivity index (χ0n) is 18.7. The average Bonchev–Trinajstić information content (AvgIpc) is 3.28. The van der Waals surface area contributed by atoms with Crippen molar-refractivity contribution in [1.82, 2.24) is 9.88 Å². The summed E-state index contributed by atoms with van der Waals surface area (Å²) < 4.78 is 12.1. The Balaban J connectivity index is 1.45. The van der Waals surface area contributed by atoms with Crippen LogP contribution in [0.3, 0.4) is 0 Å². The highest BCUT2D eigenvalue weighted by molar-refractivity contribution is 5.75. The maximum Gasteiger partial charge on any atom is 0.255 e. The van der Waals surface area contributed by atoms with E-state index in [1.54, 1.807) is 12.4 Å². The summed E-state index contributed by atoms with van der Waals surface area (Å²) in [7, 11) is 0. The zero-order valence-corrected chi connectivity index (χ0v) is 18.7. The van der Waals surface area contributed by atoms with E-state index in [1.807, 2.05) is 12.1 Å². The molecular formula is C25H33N3O3. The Morgan fingerprint density at radius 1 is 1.23 bits per heavy atom. The van der Waals surface area contributed by atoms with Crippen LogP contribution in [0.15, 0.2) is 42.7 Å². The predicted molar refractivity (Wildman–Crippen MR) is 120 cm³/mol. The summed E-state index contributed by atoms with van der Waals surface area (Å²) in [5, 5.41) is 0. The van der Waals surface area contributed by atoms with Crippen LogP contribution in [0, 0.1) is 11.8 Å². The second-order valence-electron chi connectivity index (χ2n) is 9.87. The van der Waals surface area contributed by atoms with E-state index in [4.69, 9.17) is 15.2 Å². The van der Waals surface area contributed by atoms with Crippen LogP contribution in [-0.2, 0) is 16.8 Å². The summed E-state index contributed by atoms with van der Waals surface area (Å²) in [5.74, 6) is 2.34. The normalized spacial score (nSPS) is 23.5. The van der Waals surface area contributed by atoms with Crippen LogP contribution < -0.4 is 15.2 Å². The first-order chi connectivity index (χ1) is 14.8. The third-order valence-electron chi connectivity index (χ3n) is 6.49. The number of fused-ring (bicyclic) bond motifs is 1. The third-order valence-corrected chi connectivity index (χ3v) is 6.49. The lowest BCUT2D eigenvalue weighted by Crippen LogP contribution is -2.28. The molecule has 1 aromatic carbocycles. The number of hydrogen-bond donors (Lipinski definition) is 1. The van der Waals surface area contributed by atoms with Crippen molar-refractivity contribution in [2.45, 2.75) is 51.7 Å². The molecule has 0 unspecified atom stereocenters. The molecule has 1 amide bonds. The minimum atomic E-state index is -0.460. The van der Waals surface area contributed by atoms with Gasteiger partial charge in [0.25, 0.3) is 5.91 Å². The van der Waals surface area contributed by atoms with E-state index >= 15 is 0 Å². The molecule has 0 spiro atoms. The van der Waals surface area contributed by atoms with Gasteiger partial charge in [0.1, 0.15) is 17.6 Å². The fourth-order valence-corrected chi connectivity index (χ4v) is 4.85. The van der Waals surface area contributed by atoms with Gasteiger partial charge in [0, 0.05) is 37.3 Å². The number of benzene rings is 1. The van der Waals surface area contributed by atoms with Gasteiger partial charge < -0.3 is 15.2 Å². The molecule has 0 radical (unpaired) electrons. The van der Waals surface area contributed by atoms with Crippen LogP contribution in [0.2, 0.25) is 0 Å². The van der Waals surface area contributed by atoms with Gasteiger partial charge in [0.05, 0.1) is 6.20 Å². The monoisotopic (exact) mass is 423 g/mol. The quantitative estimate of drug-likeness (QED) is 0.737. The van der Waals surface area contributed by atoms with Crippen LogP contribution in [0.4, 0.5) is 0 Å². The lowest BCUT2D eigenvalue weighted by atomic mass is 9.86. The summed E-state index contributed by atoms with van der Waals surface area (Å²) in [6, 6.07) is 10.2. The van der Waals surface area contributed by atoms with E-state index in [2.05, 4.69) is 48.9 Å². The average molecular weight is 424 g/mol. The van der Waals surface area contributed by atoms with Gasteiger partial charge in [-0.2, -0.15) is 0 Å². The van der Waals surface area contributed by atoms with Crippen LogP contribution >= 0.6 is 0 Å². The molecule has 6 heteroatoms. The van der Waals surface area contributed by atoms with Crippen molar-refractivity contribution in [2.24, 2.45) is 17.6 Å². The summed E-state index contributed by atoms with van der Waals surface area (Å²) in [6.07, 6.45) is 6.10. The van der Waals surface area contributed by atoms with Crippen molar-refractivity contribution in [3.8, 4) is 11.5 Å². The van der Waals surface area contributed by atoms with E-state index in [0.29, 0.717) is 11.8 Å². The number of ether oxygens (including phenoxy) is 2. The van der Waals surface area contributed by atoms with Gasteiger partial charge in [-0.3, -0.25) is 14.7 Å². The van der Waals surface area contributed by atoms with E-state index < -0.39 is 5.91 Å². The molecule has 1 aromatic heterocycles. The molecule has 4 rings (SSSR count). The highest BCUT2D eigenvalue weighted by atomic mass is 16.5. The van der Waals surface area contributed by atoms with E-state index in [-0.39, 0.29) is 18.1 Å². The maximum absolute atomic E-state index is 11.3. The molecule has 1 saturated carbocycles. The summed E-state index contributed by atoms with van der Waals surface area (Å²) in [5.41, 5.74) is 7.61. The lowest BCUT2D eigenvalue weighted by molar-refractivity contribution is -0.119. The van der Waals surface area contributed by atoms with Gasteiger partial charge in [-0.05, 0) is 47.9 Å². The van der Waals surface area contributed by atoms with Crippen LogP contribution in [0.5, 0.6) is 11.5 Å². The lowest BCUT2D eigenvalue weighted by Gasteiger charge is -2.24. The van der Waals surface area contributed by atoms with Crippen molar-refractivity contribution in [3.63, 3.8) is 0 Å². The second kappa shape index (κ2) is 8.87. The number of primary amides is 1. The van der Waals surface area contributed by atoms with Gasteiger partial charge in [0.2, 0.25) is 0 Å². The minimum absolute atomic E-state index is 0.00485. The summed E-state index contributed by atoms with van der Waals surface area (Å²) >= 11 is 0. The summed E-state index contributed by atoms with van der Waals surface area (Å²) in [4.78, 5) is 17.9. The molecule has 2 heterocycles. The van der Waals surface area contributed by atoms with Crippen LogP contribution in [0.1, 0.15) is 44.7 Å². The number of aromatic nitrogens is 1. The Labute approximate surface area is 184 Å². The molecule has 1 aliphatic heterocycles. The molecule has 2 fully saturated rings. The second-order valence-corrected chi connectivity index (χ2v) is 9.87. The summed E-state index contributed by atoms with van der Waals surface area (Å²) in [6.45, 7) is 9.27. The van der Waals surface area contributed by atoms with Crippen molar-refractivity contribution in [3.05, 3.63) is 53.9 Å². The Bertz CT molecular complexity index is 910. The molecule has 1 saturated heterocycles. The van der Waals surface area contributed by atoms with Gasteiger partial charge >= 0.3 is 0 Å². The Kier molecular flexibility index (Phi) is 6.19. The first-order valence-corrected chi connectivity index (χ1v) is 11.1. The number of likely N-dealkylation sites (tertiary alicyclic amines) is 1. The fourth-order valence-electron chi connectivity index (χ4n) is 4.85. The van der Waals surface area contributed by atoms with Crippen molar-refractivity contribution in [2.75, 3.05) is 19.7 Å². The minimum Gasteiger partial charge on any atom is -0.488 e. The Hall–Kier alpha value is -2.60. The smallest absolute Gasteiger partial charge is 0.255 e. The molecule has 2 aliphatic rings. The Morgan fingerprint density at radius 3 is 2.77 bits per heavy atom. The predicted octanol–water partition coefficient (Wildman–Crippen LogP) is 3.53. The third kappa shape index (κ3) is 5.18. The standard InChI is InChI=1S/C25H33N3O3/c1-25(2,3)19-8-6-18(23(11-19)30-16-24(26)29)14-28-13-17-7-9-22(21(17)15-28)31-20-5-4-10-27-12-20/h4-6,8,10-12,17,21-22H,7,9,13-16H2,1-3H3,(H2,26,29)/t17-,21+,22+/m1/s1. The topological polar surface area (TPSA) is 77.7 Å². The Morgan fingerprint density at radius 2 is 2.06 bits per heavy atom. The molecule has 31 heavy (non-hydrogen) atoms. The van der Waals surface area contributed by atoms with Crippen LogP contribution in [-0.4, -0.2) is 41.6 Å². The van der Waals surface area contributed by atoms with E-state index in [1.165, 1.54) is 12.0 Å². The van der Waals surface area contributed by atoms with E-state index in [9.17, 15) is 4.79 Å². The highest BCUT2D eigenvalue weighted by Gasteiger charge is 2.44. The molecule has 2 N–H and O–H groups in total. The molecule has 166 valence electrons. The number of carbonyl (C=O) groups excluding carboxylic acids is 1. The van der Waals surface area contributed by atoms with Crippen molar-refractivity contribution < 1.29 is 14.3 Å². The first kappa shape index (κ1) is 21.6. The SMILES string of the molecule is CC(C)(C)c1ccc(CN2C[C@H]3CC[C@H](Oc4cccnc4)[C@H]3C2)c(OCC(N)=O)c1.